The molecule has 0 spiro atoms. The van der Waals surface area contributed by atoms with E-state index < -0.39 is 11.9 Å². The first-order valence-electron chi connectivity index (χ1n) is 9.27. The molecule has 1 amide bonds. The summed E-state index contributed by atoms with van der Waals surface area (Å²) in [5, 5.41) is 19.6. The quantitative estimate of drug-likeness (QED) is 0.556. The third kappa shape index (κ3) is 4.33. The van der Waals surface area contributed by atoms with E-state index in [9.17, 15) is 9.59 Å². The minimum absolute atomic E-state index is 0.106. The van der Waals surface area contributed by atoms with Gasteiger partial charge in [-0.3, -0.25) is 14.9 Å². The molecule has 152 valence electrons. The summed E-state index contributed by atoms with van der Waals surface area (Å²) in [5.74, 6) is -0.928. The van der Waals surface area contributed by atoms with Crippen LogP contribution in [0.3, 0.4) is 0 Å². The fourth-order valence-corrected chi connectivity index (χ4v) is 3.26. The first-order valence-corrected chi connectivity index (χ1v) is 9.65. The van der Waals surface area contributed by atoms with Crippen molar-refractivity contribution in [1.29, 1.82) is 0 Å². The van der Waals surface area contributed by atoms with Gasteiger partial charge >= 0.3 is 5.97 Å². The van der Waals surface area contributed by atoms with Crippen LogP contribution in [-0.4, -0.2) is 31.7 Å². The first-order chi connectivity index (χ1) is 14.5. The van der Waals surface area contributed by atoms with Gasteiger partial charge in [-0.15, -0.1) is 5.10 Å². The topological polar surface area (TPSA) is 109 Å². The Balaban J connectivity index is 1.66. The van der Waals surface area contributed by atoms with Gasteiger partial charge in [0.15, 0.2) is 0 Å². The largest absolute Gasteiger partial charge is 0.481 e. The molecule has 9 heteroatoms. The zero-order valence-corrected chi connectivity index (χ0v) is 16.5. The minimum atomic E-state index is -1.04. The monoisotopic (exact) mass is 423 g/mol. The second kappa shape index (κ2) is 8.38. The molecule has 2 aromatic carbocycles. The van der Waals surface area contributed by atoms with Crippen molar-refractivity contribution in [2.75, 3.05) is 10.6 Å². The van der Waals surface area contributed by atoms with Gasteiger partial charge in [0, 0.05) is 17.1 Å². The number of amides is 1. The van der Waals surface area contributed by atoms with E-state index in [-0.39, 0.29) is 24.8 Å². The molecule has 4 rings (SSSR count). The molecule has 3 aromatic rings. The molecule has 0 radical (unpaired) electrons. The van der Waals surface area contributed by atoms with Crippen LogP contribution < -0.4 is 10.6 Å². The van der Waals surface area contributed by atoms with E-state index in [1.165, 1.54) is 0 Å². The summed E-state index contributed by atoms with van der Waals surface area (Å²) < 4.78 is 1.67. The Labute approximate surface area is 177 Å². The Kier molecular flexibility index (Phi) is 5.49. The van der Waals surface area contributed by atoms with Crippen LogP contribution in [0.1, 0.15) is 30.0 Å². The summed E-state index contributed by atoms with van der Waals surface area (Å²) >= 11 is 6.04. The number of rotatable bonds is 6. The number of benzene rings is 2. The fourth-order valence-electron chi connectivity index (χ4n) is 3.14. The van der Waals surface area contributed by atoms with Gasteiger partial charge in [0.1, 0.15) is 6.04 Å². The van der Waals surface area contributed by atoms with Crippen LogP contribution >= 0.6 is 11.6 Å². The third-order valence-corrected chi connectivity index (χ3v) is 4.83. The van der Waals surface area contributed by atoms with E-state index in [0.29, 0.717) is 11.0 Å². The molecule has 0 saturated heterocycles. The summed E-state index contributed by atoms with van der Waals surface area (Å²) in [6.07, 6.45) is 1.61. The van der Waals surface area contributed by atoms with Gasteiger partial charge in [0.05, 0.1) is 6.42 Å². The van der Waals surface area contributed by atoms with Crippen molar-refractivity contribution in [3.8, 4) is 0 Å². The SMILES string of the molecule is O=C(O)CCC(=O)Nc1nc2n(n1)[C@@H](c1ccc(Cl)cc1)C=C(c1ccccc1)N2. The van der Waals surface area contributed by atoms with Gasteiger partial charge in [-0.05, 0) is 29.3 Å². The van der Waals surface area contributed by atoms with Crippen molar-refractivity contribution in [3.05, 3.63) is 76.8 Å². The number of aromatic nitrogens is 3. The first kappa shape index (κ1) is 19.7. The molecule has 0 fully saturated rings. The number of fused-ring (bicyclic) bond motifs is 1. The Morgan fingerprint density at radius 1 is 1.10 bits per heavy atom. The number of anilines is 2. The van der Waals surface area contributed by atoms with E-state index in [2.05, 4.69) is 20.7 Å². The molecule has 0 unspecified atom stereocenters. The zero-order chi connectivity index (χ0) is 21.1. The van der Waals surface area contributed by atoms with Crippen LogP contribution in [0.15, 0.2) is 60.7 Å². The van der Waals surface area contributed by atoms with Crippen molar-refractivity contribution in [3.63, 3.8) is 0 Å². The van der Waals surface area contributed by atoms with Crippen molar-refractivity contribution >= 4 is 41.1 Å². The van der Waals surface area contributed by atoms with Gasteiger partial charge in [-0.2, -0.15) is 4.98 Å². The third-order valence-electron chi connectivity index (χ3n) is 4.58. The van der Waals surface area contributed by atoms with E-state index in [1.54, 1.807) is 16.8 Å². The van der Waals surface area contributed by atoms with Gasteiger partial charge < -0.3 is 10.4 Å². The van der Waals surface area contributed by atoms with Crippen molar-refractivity contribution in [2.24, 2.45) is 0 Å². The fraction of sp³-hybridized carbons (Fsp3) is 0.143. The van der Waals surface area contributed by atoms with Crippen molar-refractivity contribution in [1.82, 2.24) is 14.8 Å². The number of carboxylic acid groups (broad SMARTS) is 1. The van der Waals surface area contributed by atoms with Crippen LogP contribution in [-0.2, 0) is 9.59 Å². The lowest BCUT2D eigenvalue weighted by molar-refractivity contribution is -0.138. The predicted octanol–water partition coefficient (Wildman–Crippen LogP) is 3.79. The van der Waals surface area contributed by atoms with Gasteiger partial charge in [-0.1, -0.05) is 54.1 Å². The summed E-state index contributed by atoms with van der Waals surface area (Å²) in [7, 11) is 0. The molecule has 1 aliphatic rings. The Morgan fingerprint density at radius 3 is 2.53 bits per heavy atom. The number of nitrogens with one attached hydrogen (secondary N) is 2. The normalized spacial score (nSPS) is 15.0. The lowest BCUT2D eigenvalue weighted by Gasteiger charge is -2.24. The average Bonchev–Trinajstić information content (AvgIpc) is 3.15. The number of carboxylic acids is 1. The van der Waals surface area contributed by atoms with Crippen LogP contribution in [0.25, 0.3) is 5.70 Å². The van der Waals surface area contributed by atoms with Crippen LogP contribution in [0, 0.1) is 0 Å². The number of allylic oxidation sites excluding steroid dienone is 1. The number of hydrogen-bond donors (Lipinski definition) is 3. The number of aliphatic carboxylic acids is 1. The standard InChI is InChI=1S/C21H18ClN5O3/c22-15-8-6-14(7-9-15)17-12-16(13-4-2-1-3-5-13)23-21-25-20(26-27(17)21)24-18(28)10-11-19(29)30/h1-9,12,17H,10-11H2,(H,29,30)(H2,23,24,25,26,28)/t17-/m1/s1. The second-order valence-electron chi connectivity index (χ2n) is 6.71. The second-order valence-corrected chi connectivity index (χ2v) is 7.15. The molecular formula is C21H18ClN5O3. The predicted molar refractivity (Wildman–Crippen MR) is 113 cm³/mol. The highest BCUT2D eigenvalue weighted by atomic mass is 35.5. The molecule has 1 aliphatic heterocycles. The van der Waals surface area contributed by atoms with Crippen molar-refractivity contribution < 1.29 is 14.7 Å². The molecule has 1 atom stereocenters. The zero-order valence-electron chi connectivity index (χ0n) is 15.7. The molecule has 0 bridgehead atoms. The number of carbonyl (C=O) groups excluding carboxylic acids is 1. The van der Waals surface area contributed by atoms with Gasteiger partial charge in [0.2, 0.25) is 11.9 Å². The number of hydrogen-bond acceptors (Lipinski definition) is 5. The molecule has 0 saturated carbocycles. The Hall–Kier alpha value is -3.65. The maximum absolute atomic E-state index is 12.0. The highest BCUT2D eigenvalue weighted by Crippen LogP contribution is 2.33. The molecular weight excluding hydrogens is 406 g/mol. The van der Waals surface area contributed by atoms with E-state index in [4.69, 9.17) is 16.7 Å². The van der Waals surface area contributed by atoms with E-state index in [1.807, 2.05) is 48.5 Å². The molecule has 8 nitrogen and oxygen atoms in total. The Morgan fingerprint density at radius 2 is 1.83 bits per heavy atom. The summed E-state index contributed by atoms with van der Waals surface area (Å²) in [4.78, 5) is 27.0. The average molecular weight is 424 g/mol. The highest BCUT2D eigenvalue weighted by Gasteiger charge is 2.25. The lowest BCUT2D eigenvalue weighted by Crippen LogP contribution is -2.20. The van der Waals surface area contributed by atoms with Gasteiger partial charge in [0.25, 0.3) is 5.95 Å². The number of nitrogens with zero attached hydrogens (tertiary/aromatic N) is 3. The van der Waals surface area contributed by atoms with E-state index in [0.717, 1.165) is 16.8 Å². The molecule has 2 heterocycles. The van der Waals surface area contributed by atoms with Crippen molar-refractivity contribution in [2.45, 2.75) is 18.9 Å². The summed E-state index contributed by atoms with van der Waals surface area (Å²) in [6.45, 7) is 0. The van der Waals surface area contributed by atoms with Gasteiger partial charge in [-0.25, -0.2) is 4.68 Å². The smallest absolute Gasteiger partial charge is 0.303 e. The van der Waals surface area contributed by atoms with Crippen LogP contribution in [0.2, 0.25) is 5.02 Å². The molecule has 3 N–H and O–H groups in total. The van der Waals surface area contributed by atoms with Crippen LogP contribution in [0.4, 0.5) is 11.9 Å². The van der Waals surface area contributed by atoms with E-state index >= 15 is 0 Å². The van der Waals surface area contributed by atoms with Crippen LogP contribution in [0.5, 0.6) is 0 Å². The maximum atomic E-state index is 12.0. The highest BCUT2D eigenvalue weighted by molar-refractivity contribution is 6.30. The maximum Gasteiger partial charge on any atom is 0.303 e. The minimum Gasteiger partial charge on any atom is -0.481 e. The molecule has 30 heavy (non-hydrogen) atoms. The number of halogens is 1. The summed E-state index contributed by atoms with van der Waals surface area (Å²) in [5.41, 5.74) is 2.79. The lowest BCUT2D eigenvalue weighted by atomic mass is 10.0. The Bertz CT molecular complexity index is 1110. The molecule has 0 aliphatic carbocycles. The number of carbonyl (C=O) groups is 2. The molecule has 1 aromatic heterocycles. The summed E-state index contributed by atoms with van der Waals surface area (Å²) in [6, 6.07) is 17.0.